The van der Waals surface area contributed by atoms with E-state index in [1.807, 2.05) is 0 Å². The van der Waals surface area contributed by atoms with Crippen LogP contribution in [0.15, 0.2) is 58.3 Å². The highest BCUT2D eigenvalue weighted by molar-refractivity contribution is 7.99. The molecule has 2 rings (SSSR count). The molecule has 1 N–H and O–H groups in total. The fourth-order valence-electron chi connectivity index (χ4n) is 2.06. The predicted octanol–water partition coefficient (Wildman–Crippen LogP) is 2.84. The average Bonchev–Trinajstić information content (AvgIpc) is 2.65. The first-order valence-electron chi connectivity index (χ1n) is 8.18. The van der Waals surface area contributed by atoms with Crippen LogP contribution in [0.25, 0.3) is 0 Å². The van der Waals surface area contributed by atoms with Gasteiger partial charge in [0.1, 0.15) is 0 Å². The summed E-state index contributed by atoms with van der Waals surface area (Å²) in [5, 5.41) is 0. The van der Waals surface area contributed by atoms with Crippen molar-refractivity contribution in [1.82, 2.24) is 4.72 Å². The summed E-state index contributed by atoms with van der Waals surface area (Å²) in [7, 11) is -3.55. The number of ether oxygens (including phenoxy) is 2. The molecule has 9 heteroatoms. The molecule has 146 valence electrons. The first-order valence-corrected chi connectivity index (χ1v) is 10.6. The van der Waals surface area contributed by atoms with Crippen molar-refractivity contribution in [3.05, 3.63) is 54.3 Å². The maximum absolute atomic E-state index is 14.0. The molecule has 0 bridgehead atoms. The van der Waals surface area contributed by atoms with Crippen LogP contribution >= 0.6 is 11.8 Å². The van der Waals surface area contributed by atoms with Gasteiger partial charge >= 0.3 is 5.97 Å². The van der Waals surface area contributed by atoms with E-state index in [0.717, 1.165) is 0 Å². The van der Waals surface area contributed by atoms with E-state index in [-0.39, 0.29) is 30.4 Å². The molecule has 0 atom stereocenters. The molecule has 0 aliphatic rings. The Labute approximate surface area is 162 Å². The van der Waals surface area contributed by atoms with E-state index < -0.39 is 21.8 Å². The molecule has 0 heterocycles. The van der Waals surface area contributed by atoms with Gasteiger partial charge in [-0.1, -0.05) is 18.2 Å². The summed E-state index contributed by atoms with van der Waals surface area (Å²) in [6, 6.07) is 12.4. The van der Waals surface area contributed by atoms with Gasteiger partial charge in [-0.05, 0) is 37.3 Å². The van der Waals surface area contributed by atoms with Gasteiger partial charge in [0.05, 0.1) is 11.5 Å². The maximum Gasteiger partial charge on any atom is 0.344 e. The zero-order valence-corrected chi connectivity index (χ0v) is 16.3. The Hall–Kier alpha value is -2.10. The highest BCUT2D eigenvalue weighted by atomic mass is 32.2. The fraction of sp³-hybridized carbons (Fsp3) is 0.278. The van der Waals surface area contributed by atoms with Crippen molar-refractivity contribution >= 4 is 27.8 Å². The van der Waals surface area contributed by atoms with E-state index in [1.54, 1.807) is 31.2 Å². The van der Waals surface area contributed by atoms with Crippen LogP contribution in [0.5, 0.6) is 5.75 Å². The standard InChI is InChI=1S/C18H20FNO5S2/c1-2-24-18(21)13-25-17-9-8-14(12-16(17)19)26-11-10-20-27(22,23)15-6-4-3-5-7-15/h3-9,12,20H,2,10-11,13H2,1H3. The van der Waals surface area contributed by atoms with E-state index in [2.05, 4.69) is 4.72 Å². The van der Waals surface area contributed by atoms with Gasteiger partial charge in [0.15, 0.2) is 18.2 Å². The molecule has 27 heavy (non-hydrogen) atoms. The molecule has 0 aliphatic carbocycles. The topological polar surface area (TPSA) is 81.7 Å². The summed E-state index contributed by atoms with van der Waals surface area (Å²) in [6.45, 7) is 1.74. The molecule has 2 aromatic carbocycles. The second-order valence-electron chi connectivity index (χ2n) is 5.25. The van der Waals surface area contributed by atoms with Gasteiger partial charge in [0, 0.05) is 17.2 Å². The zero-order chi connectivity index (χ0) is 19.7. The summed E-state index contributed by atoms with van der Waals surface area (Å²) in [5.41, 5.74) is 0. The number of carbonyl (C=O) groups excluding carboxylic acids is 1. The summed E-state index contributed by atoms with van der Waals surface area (Å²) < 4.78 is 50.4. The lowest BCUT2D eigenvalue weighted by molar-refractivity contribution is -0.145. The van der Waals surface area contributed by atoms with Gasteiger partial charge in [-0.15, -0.1) is 11.8 Å². The van der Waals surface area contributed by atoms with E-state index in [9.17, 15) is 17.6 Å². The zero-order valence-electron chi connectivity index (χ0n) is 14.7. The maximum atomic E-state index is 14.0. The Morgan fingerprint density at radius 3 is 2.59 bits per heavy atom. The summed E-state index contributed by atoms with van der Waals surface area (Å²) in [5.74, 6) is -0.790. The van der Waals surface area contributed by atoms with Gasteiger partial charge in [-0.2, -0.15) is 0 Å². The van der Waals surface area contributed by atoms with Crippen LogP contribution in [-0.2, 0) is 19.6 Å². The van der Waals surface area contributed by atoms with Crippen molar-refractivity contribution < 1.29 is 27.1 Å². The molecule has 0 saturated heterocycles. The van der Waals surface area contributed by atoms with E-state index in [1.165, 1.54) is 36.0 Å². The number of hydrogen-bond donors (Lipinski definition) is 1. The lowest BCUT2D eigenvalue weighted by Crippen LogP contribution is -2.25. The van der Waals surface area contributed by atoms with Gasteiger partial charge in [-0.3, -0.25) is 0 Å². The van der Waals surface area contributed by atoms with E-state index >= 15 is 0 Å². The third-order valence-corrected chi connectivity index (χ3v) is 5.74. The quantitative estimate of drug-likeness (QED) is 0.366. The smallest absolute Gasteiger partial charge is 0.344 e. The number of sulfonamides is 1. The third kappa shape index (κ3) is 6.85. The SMILES string of the molecule is CCOC(=O)COc1ccc(SCCNS(=O)(=O)c2ccccc2)cc1F. The lowest BCUT2D eigenvalue weighted by atomic mass is 10.3. The average molecular weight is 413 g/mol. The van der Waals surface area contributed by atoms with Crippen LogP contribution in [0.1, 0.15) is 6.92 Å². The fourth-order valence-corrected chi connectivity index (χ4v) is 4.03. The van der Waals surface area contributed by atoms with Crippen LogP contribution in [-0.4, -0.2) is 39.9 Å². The summed E-state index contributed by atoms with van der Waals surface area (Å²) in [6.07, 6.45) is 0. The third-order valence-electron chi connectivity index (χ3n) is 3.27. The Balaban J connectivity index is 1.81. The van der Waals surface area contributed by atoms with Crippen LogP contribution < -0.4 is 9.46 Å². The molecule has 2 aromatic rings. The monoisotopic (exact) mass is 413 g/mol. The van der Waals surface area contributed by atoms with Gasteiger partial charge < -0.3 is 9.47 Å². The van der Waals surface area contributed by atoms with Crippen LogP contribution in [0.4, 0.5) is 4.39 Å². The number of nitrogens with one attached hydrogen (secondary N) is 1. The molecule has 0 radical (unpaired) electrons. The Morgan fingerprint density at radius 1 is 1.19 bits per heavy atom. The van der Waals surface area contributed by atoms with Gasteiger partial charge in [-0.25, -0.2) is 22.3 Å². The highest BCUT2D eigenvalue weighted by Crippen LogP contribution is 2.25. The van der Waals surface area contributed by atoms with Crippen molar-refractivity contribution in [2.45, 2.75) is 16.7 Å². The minimum atomic E-state index is -3.55. The van der Waals surface area contributed by atoms with Crippen LogP contribution in [0, 0.1) is 5.82 Å². The Kier molecular flexibility index (Phi) is 8.08. The predicted molar refractivity (Wildman–Crippen MR) is 101 cm³/mol. The van der Waals surface area contributed by atoms with Crippen molar-refractivity contribution in [3.63, 3.8) is 0 Å². The van der Waals surface area contributed by atoms with Gasteiger partial charge in [0.25, 0.3) is 0 Å². The number of esters is 1. The first-order chi connectivity index (χ1) is 12.9. The number of thioether (sulfide) groups is 1. The van der Waals surface area contributed by atoms with Crippen molar-refractivity contribution in [1.29, 1.82) is 0 Å². The van der Waals surface area contributed by atoms with Crippen LogP contribution in [0.2, 0.25) is 0 Å². The number of halogens is 1. The molecule has 0 amide bonds. The number of benzene rings is 2. The minimum absolute atomic E-state index is 0.0443. The largest absolute Gasteiger partial charge is 0.479 e. The normalized spacial score (nSPS) is 11.2. The summed E-state index contributed by atoms with van der Waals surface area (Å²) in [4.78, 5) is 12.0. The molecular formula is C18H20FNO5S2. The van der Waals surface area contributed by atoms with E-state index in [4.69, 9.17) is 9.47 Å². The van der Waals surface area contributed by atoms with Crippen molar-refractivity contribution in [3.8, 4) is 5.75 Å². The molecule has 0 fully saturated rings. The van der Waals surface area contributed by atoms with Crippen molar-refractivity contribution in [2.24, 2.45) is 0 Å². The molecule has 0 aliphatic heterocycles. The number of carbonyl (C=O) groups is 1. The number of rotatable bonds is 10. The molecule has 0 unspecified atom stereocenters. The second kappa shape index (κ2) is 10.3. The summed E-state index contributed by atoms with van der Waals surface area (Å²) >= 11 is 1.30. The lowest BCUT2D eigenvalue weighted by Gasteiger charge is -2.09. The van der Waals surface area contributed by atoms with Crippen molar-refractivity contribution in [2.75, 3.05) is 25.5 Å². The first kappa shape index (κ1) is 21.2. The second-order valence-corrected chi connectivity index (χ2v) is 8.18. The van der Waals surface area contributed by atoms with Crippen LogP contribution in [0.3, 0.4) is 0 Å². The molecule has 6 nitrogen and oxygen atoms in total. The highest BCUT2D eigenvalue weighted by Gasteiger charge is 2.12. The molecule has 0 aromatic heterocycles. The molecular weight excluding hydrogens is 393 g/mol. The Bertz CT molecular complexity index is 859. The molecule has 0 spiro atoms. The van der Waals surface area contributed by atoms with Gasteiger partial charge in [0.2, 0.25) is 10.0 Å². The number of hydrogen-bond acceptors (Lipinski definition) is 6. The minimum Gasteiger partial charge on any atom is -0.479 e. The molecule has 0 saturated carbocycles. The van der Waals surface area contributed by atoms with E-state index in [0.29, 0.717) is 10.6 Å². The Morgan fingerprint density at radius 2 is 1.93 bits per heavy atom.